The predicted octanol–water partition coefficient (Wildman–Crippen LogP) is 3.10. The third-order valence-corrected chi connectivity index (χ3v) is 5.00. The Balaban J connectivity index is 2.10. The topological polar surface area (TPSA) is 38.5 Å². The van der Waals surface area contributed by atoms with Gasteiger partial charge < -0.3 is 10.5 Å². The predicted molar refractivity (Wildman–Crippen MR) is 88.3 cm³/mol. The maximum absolute atomic E-state index is 6.19. The van der Waals surface area contributed by atoms with E-state index in [2.05, 4.69) is 50.1 Å². The van der Waals surface area contributed by atoms with Crippen LogP contribution in [0.1, 0.15) is 43.7 Å². The molecule has 2 atom stereocenters. The average Bonchev–Trinajstić information content (AvgIpc) is 2.50. The lowest BCUT2D eigenvalue weighted by Crippen LogP contribution is -2.56. The summed E-state index contributed by atoms with van der Waals surface area (Å²) in [5, 5.41) is 0. The molecule has 1 heterocycles. The molecule has 1 saturated heterocycles. The van der Waals surface area contributed by atoms with E-state index in [1.165, 1.54) is 17.5 Å². The number of hydrogen-bond acceptors (Lipinski definition) is 3. The Morgan fingerprint density at radius 1 is 1.38 bits per heavy atom. The van der Waals surface area contributed by atoms with Crippen molar-refractivity contribution in [2.75, 3.05) is 20.2 Å². The van der Waals surface area contributed by atoms with Crippen LogP contribution >= 0.6 is 0 Å². The van der Waals surface area contributed by atoms with Crippen molar-refractivity contribution < 1.29 is 4.74 Å². The molecular formula is C18H30N2O. The molecule has 0 bridgehead atoms. The normalized spacial score (nSPS) is 26.2. The summed E-state index contributed by atoms with van der Waals surface area (Å²) >= 11 is 0. The second kappa shape index (κ2) is 7.39. The zero-order valence-electron chi connectivity index (χ0n) is 13.8. The molecule has 1 fully saturated rings. The first-order valence-corrected chi connectivity index (χ1v) is 8.18. The fraction of sp³-hybridized carbons (Fsp3) is 0.667. The standard InChI is InChI=1S/C18H30N2O/c1-4-7-17-12-18(14-19,10-11-21-17)20(3)13-16-9-6-5-8-15(16)2/h5-6,8-9,17H,4,7,10-14,19H2,1-3H3. The third kappa shape index (κ3) is 3.85. The second-order valence-corrected chi connectivity index (χ2v) is 6.45. The number of rotatable bonds is 6. The molecule has 0 aliphatic carbocycles. The lowest BCUT2D eigenvalue weighted by Gasteiger charge is -2.46. The van der Waals surface area contributed by atoms with Gasteiger partial charge in [0.15, 0.2) is 0 Å². The van der Waals surface area contributed by atoms with Gasteiger partial charge in [0.05, 0.1) is 6.10 Å². The minimum Gasteiger partial charge on any atom is -0.378 e. The van der Waals surface area contributed by atoms with E-state index in [4.69, 9.17) is 10.5 Å². The summed E-state index contributed by atoms with van der Waals surface area (Å²) in [4.78, 5) is 2.46. The Labute approximate surface area is 129 Å². The molecule has 2 N–H and O–H groups in total. The maximum atomic E-state index is 6.19. The molecule has 2 unspecified atom stereocenters. The smallest absolute Gasteiger partial charge is 0.0593 e. The van der Waals surface area contributed by atoms with E-state index in [0.717, 1.165) is 32.4 Å². The molecule has 0 aromatic heterocycles. The summed E-state index contributed by atoms with van der Waals surface area (Å²) in [6.45, 7) is 6.91. The molecular weight excluding hydrogens is 260 g/mol. The van der Waals surface area contributed by atoms with Crippen molar-refractivity contribution >= 4 is 0 Å². The largest absolute Gasteiger partial charge is 0.378 e. The summed E-state index contributed by atoms with van der Waals surface area (Å²) in [6, 6.07) is 8.62. The van der Waals surface area contributed by atoms with E-state index in [9.17, 15) is 0 Å². The van der Waals surface area contributed by atoms with Gasteiger partial charge in [0, 0.05) is 25.2 Å². The van der Waals surface area contributed by atoms with E-state index in [0.29, 0.717) is 12.6 Å². The van der Waals surface area contributed by atoms with E-state index >= 15 is 0 Å². The summed E-state index contributed by atoms with van der Waals surface area (Å²) in [7, 11) is 2.22. The Morgan fingerprint density at radius 2 is 2.14 bits per heavy atom. The van der Waals surface area contributed by atoms with Crippen LogP contribution in [-0.4, -0.2) is 36.7 Å². The van der Waals surface area contributed by atoms with Crippen molar-refractivity contribution in [2.24, 2.45) is 5.73 Å². The minimum absolute atomic E-state index is 0.0837. The number of hydrogen-bond donors (Lipinski definition) is 1. The van der Waals surface area contributed by atoms with Crippen molar-refractivity contribution in [3.63, 3.8) is 0 Å². The first-order chi connectivity index (χ1) is 10.1. The lowest BCUT2D eigenvalue weighted by molar-refractivity contribution is -0.0691. The molecule has 1 aliphatic heterocycles. The Morgan fingerprint density at radius 3 is 2.81 bits per heavy atom. The summed E-state index contributed by atoms with van der Waals surface area (Å²) in [5.41, 5.74) is 9.03. The molecule has 1 aliphatic rings. The highest BCUT2D eigenvalue weighted by atomic mass is 16.5. The summed E-state index contributed by atoms with van der Waals surface area (Å²) in [6.07, 6.45) is 4.77. The van der Waals surface area contributed by atoms with Gasteiger partial charge in [-0.2, -0.15) is 0 Å². The lowest BCUT2D eigenvalue weighted by atomic mass is 9.83. The van der Waals surface area contributed by atoms with Crippen molar-refractivity contribution in [3.05, 3.63) is 35.4 Å². The highest BCUT2D eigenvalue weighted by molar-refractivity contribution is 5.25. The number of aryl methyl sites for hydroxylation is 1. The van der Waals surface area contributed by atoms with Crippen molar-refractivity contribution in [1.82, 2.24) is 4.90 Å². The van der Waals surface area contributed by atoms with Gasteiger partial charge in [0.25, 0.3) is 0 Å². The molecule has 0 amide bonds. The summed E-state index contributed by atoms with van der Waals surface area (Å²) in [5.74, 6) is 0. The number of ether oxygens (including phenoxy) is 1. The van der Waals surface area contributed by atoms with Crippen LogP contribution in [0.5, 0.6) is 0 Å². The Kier molecular flexibility index (Phi) is 5.80. The fourth-order valence-electron chi connectivity index (χ4n) is 3.41. The monoisotopic (exact) mass is 290 g/mol. The van der Waals surface area contributed by atoms with Gasteiger partial charge in [-0.05, 0) is 44.4 Å². The van der Waals surface area contributed by atoms with Crippen LogP contribution in [0.15, 0.2) is 24.3 Å². The van der Waals surface area contributed by atoms with Gasteiger partial charge in [0.2, 0.25) is 0 Å². The van der Waals surface area contributed by atoms with Crippen LogP contribution in [0.25, 0.3) is 0 Å². The first-order valence-electron chi connectivity index (χ1n) is 8.18. The Hall–Kier alpha value is -0.900. The van der Waals surface area contributed by atoms with Crippen LogP contribution in [-0.2, 0) is 11.3 Å². The van der Waals surface area contributed by atoms with E-state index in [1.807, 2.05) is 0 Å². The molecule has 0 spiro atoms. The Bertz CT molecular complexity index is 447. The van der Waals surface area contributed by atoms with Gasteiger partial charge in [-0.3, -0.25) is 4.90 Å². The molecule has 1 aromatic carbocycles. The zero-order valence-corrected chi connectivity index (χ0v) is 13.8. The number of nitrogens with two attached hydrogens (primary N) is 1. The molecule has 2 rings (SSSR count). The van der Waals surface area contributed by atoms with E-state index in [-0.39, 0.29) is 5.54 Å². The van der Waals surface area contributed by atoms with Gasteiger partial charge in [-0.1, -0.05) is 37.6 Å². The molecule has 21 heavy (non-hydrogen) atoms. The second-order valence-electron chi connectivity index (χ2n) is 6.45. The SMILES string of the molecule is CCCC1CC(CN)(N(C)Cc2ccccc2C)CCO1. The van der Waals surface area contributed by atoms with Crippen molar-refractivity contribution in [1.29, 1.82) is 0 Å². The van der Waals surface area contributed by atoms with Crippen LogP contribution in [0.4, 0.5) is 0 Å². The molecule has 0 radical (unpaired) electrons. The van der Waals surface area contributed by atoms with Crippen molar-refractivity contribution in [2.45, 2.75) is 57.7 Å². The number of benzene rings is 1. The van der Waals surface area contributed by atoms with Gasteiger partial charge >= 0.3 is 0 Å². The van der Waals surface area contributed by atoms with E-state index < -0.39 is 0 Å². The molecule has 118 valence electrons. The first kappa shape index (κ1) is 16.5. The van der Waals surface area contributed by atoms with Crippen LogP contribution in [0.3, 0.4) is 0 Å². The quantitative estimate of drug-likeness (QED) is 0.875. The summed E-state index contributed by atoms with van der Waals surface area (Å²) < 4.78 is 5.92. The third-order valence-electron chi connectivity index (χ3n) is 5.00. The van der Waals surface area contributed by atoms with Gasteiger partial charge in [-0.25, -0.2) is 0 Å². The molecule has 3 nitrogen and oxygen atoms in total. The minimum atomic E-state index is 0.0837. The highest BCUT2D eigenvalue weighted by Crippen LogP contribution is 2.32. The van der Waals surface area contributed by atoms with E-state index in [1.54, 1.807) is 0 Å². The number of likely N-dealkylation sites (N-methyl/N-ethyl adjacent to an activating group) is 1. The zero-order chi connectivity index (χ0) is 15.3. The van der Waals surface area contributed by atoms with Crippen LogP contribution < -0.4 is 5.73 Å². The average molecular weight is 290 g/mol. The highest BCUT2D eigenvalue weighted by Gasteiger charge is 2.39. The number of nitrogens with zero attached hydrogens (tertiary/aromatic N) is 1. The molecule has 3 heteroatoms. The van der Waals surface area contributed by atoms with Crippen LogP contribution in [0, 0.1) is 6.92 Å². The van der Waals surface area contributed by atoms with Crippen molar-refractivity contribution in [3.8, 4) is 0 Å². The molecule has 1 aromatic rings. The van der Waals surface area contributed by atoms with Crippen LogP contribution in [0.2, 0.25) is 0 Å². The van der Waals surface area contributed by atoms with Gasteiger partial charge in [0.1, 0.15) is 0 Å². The molecule has 0 saturated carbocycles. The maximum Gasteiger partial charge on any atom is 0.0593 e. The van der Waals surface area contributed by atoms with Gasteiger partial charge in [-0.15, -0.1) is 0 Å². The fourth-order valence-corrected chi connectivity index (χ4v) is 3.41.